The number of aliphatic hydroxyl groups excluding tert-OH is 1. The molecule has 0 rings (SSSR count). The number of rotatable bonds is 3. The van der Waals surface area contributed by atoms with E-state index in [2.05, 4.69) is 11.1 Å². The van der Waals surface area contributed by atoms with Gasteiger partial charge >= 0.3 is 13.6 Å². The van der Waals surface area contributed by atoms with E-state index in [1.54, 1.807) is 0 Å². The highest BCUT2D eigenvalue weighted by Gasteiger charge is 2.30. The number of hydrogen-bond donors (Lipinski definition) is 2. The molecule has 70 valence electrons. The highest BCUT2D eigenvalue weighted by molar-refractivity contribution is 7.53. The molecule has 6 heteroatoms. The number of aliphatic hydroxyl groups is 1. The Hall–Kier alpha value is -0.640. The van der Waals surface area contributed by atoms with Crippen molar-refractivity contribution in [3.05, 3.63) is 12.2 Å². The third-order valence-corrected chi connectivity index (χ3v) is 2.41. The highest BCUT2D eigenvalue weighted by Crippen LogP contribution is 2.46. The summed E-state index contributed by atoms with van der Waals surface area (Å²) < 4.78 is 14.9. The topological polar surface area (TPSA) is 83.8 Å². The first-order valence-corrected chi connectivity index (χ1v) is 4.82. The Bertz CT molecular complexity index is 244. The van der Waals surface area contributed by atoms with Crippen LogP contribution in [0.5, 0.6) is 0 Å². The summed E-state index contributed by atoms with van der Waals surface area (Å²) in [6.45, 7) is 5.61. The molecule has 2 unspecified atom stereocenters. The average Bonchev–Trinajstić information content (AvgIpc) is 1.85. The quantitative estimate of drug-likeness (QED) is 0.508. The van der Waals surface area contributed by atoms with Gasteiger partial charge in [0.15, 0.2) is 5.85 Å². The smallest absolute Gasteiger partial charge is 0.387 e. The molecule has 0 aromatic rings. The van der Waals surface area contributed by atoms with E-state index in [9.17, 15) is 9.36 Å². The van der Waals surface area contributed by atoms with Crippen molar-refractivity contribution in [1.29, 1.82) is 0 Å². The van der Waals surface area contributed by atoms with E-state index in [0.717, 1.165) is 6.92 Å². The summed E-state index contributed by atoms with van der Waals surface area (Å²) in [7, 11) is -4.23. The monoisotopic (exact) mass is 194 g/mol. The molecule has 0 saturated heterocycles. The molecule has 0 spiro atoms. The molecule has 5 nitrogen and oxygen atoms in total. The van der Waals surface area contributed by atoms with Crippen LogP contribution in [-0.2, 0) is 13.9 Å². The molecule has 0 aliphatic heterocycles. The molecule has 0 aromatic heterocycles. The summed E-state index contributed by atoms with van der Waals surface area (Å²) in [5, 5.41) is 8.69. The summed E-state index contributed by atoms with van der Waals surface area (Å²) >= 11 is 0. The fourth-order valence-corrected chi connectivity index (χ4v) is 0.819. The molecule has 0 saturated carbocycles. The zero-order valence-electron chi connectivity index (χ0n) is 6.85. The van der Waals surface area contributed by atoms with E-state index in [4.69, 9.17) is 10.00 Å². The van der Waals surface area contributed by atoms with Crippen molar-refractivity contribution in [3.63, 3.8) is 0 Å². The van der Waals surface area contributed by atoms with E-state index in [-0.39, 0.29) is 5.57 Å². The van der Waals surface area contributed by atoms with Crippen LogP contribution in [-0.4, -0.2) is 21.8 Å². The van der Waals surface area contributed by atoms with Crippen LogP contribution in [0.3, 0.4) is 0 Å². The van der Waals surface area contributed by atoms with Crippen molar-refractivity contribution in [1.82, 2.24) is 0 Å². The SMILES string of the molecule is C=C(C)C(=O)OP(=O)(O)C(C)O. The van der Waals surface area contributed by atoms with Crippen molar-refractivity contribution < 1.29 is 23.9 Å². The second kappa shape index (κ2) is 3.85. The van der Waals surface area contributed by atoms with E-state index >= 15 is 0 Å². The number of hydrogen-bond acceptors (Lipinski definition) is 4. The summed E-state index contributed by atoms with van der Waals surface area (Å²) in [5.74, 6) is -2.57. The Kier molecular flexibility index (Phi) is 3.64. The maximum Gasteiger partial charge on any atom is 0.406 e. The zero-order valence-corrected chi connectivity index (χ0v) is 7.75. The van der Waals surface area contributed by atoms with Gasteiger partial charge in [-0.05, 0) is 13.8 Å². The maximum atomic E-state index is 10.8. The van der Waals surface area contributed by atoms with Gasteiger partial charge in [0.1, 0.15) is 0 Å². The molecule has 0 fully saturated rings. The van der Waals surface area contributed by atoms with Gasteiger partial charge in [0, 0.05) is 5.57 Å². The van der Waals surface area contributed by atoms with Crippen LogP contribution in [0.2, 0.25) is 0 Å². The highest BCUT2D eigenvalue weighted by atomic mass is 31.2. The van der Waals surface area contributed by atoms with Gasteiger partial charge in [-0.3, -0.25) is 0 Å². The van der Waals surface area contributed by atoms with E-state index in [1.165, 1.54) is 6.92 Å². The minimum Gasteiger partial charge on any atom is -0.387 e. The lowest BCUT2D eigenvalue weighted by molar-refractivity contribution is -0.130. The first kappa shape index (κ1) is 11.4. The lowest BCUT2D eigenvalue weighted by Crippen LogP contribution is -2.10. The third-order valence-electron chi connectivity index (χ3n) is 1.03. The number of carbonyl (C=O) groups excluding carboxylic acids is 1. The van der Waals surface area contributed by atoms with Crippen LogP contribution >= 0.6 is 7.60 Å². The van der Waals surface area contributed by atoms with Gasteiger partial charge in [-0.1, -0.05) is 6.58 Å². The maximum absolute atomic E-state index is 10.8. The Labute approximate surface area is 70.2 Å². The van der Waals surface area contributed by atoms with E-state index in [0.29, 0.717) is 0 Å². The van der Waals surface area contributed by atoms with E-state index in [1.807, 2.05) is 0 Å². The fourth-order valence-electron chi connectivity index (χ4n) is 0.273. The van der Waals surface area contributed by atoms with Gasteiger partial charge in [0.25, 0.3) is 0 Å². The van der Waals surface area contributed by atoms with Crippen LogP contribution in [0.15, 0.2) is 12.2 Å². The van der Waals surface area contributed by atoms with E-state index < -0.39 is 19.4 Å². The minimum atomic E-state index is -4.23. The van der Waals surface area contributed by atoms with Gasteiger partial charge in [-0.2, -0.15) is 0 Å². The van der Waals surface area contributed by atoms with Crippen LogP contribution in [0.25, 0.3) is 0 Å². The Morgan fingerprint density at radius 1 is 1.67 bits per heavy atom. The lowest BCUT2D eigenvalue weighted by Gasteiger charge is -2.13. The molecule has 0 aliphatic carbocycles. The molecule has 0 aliphatic rings. The summed E-state index contributed by atoms with van der Waals surface area (Å²) in [4.78, 5) is 19.5. The summed E-state index contributed by atoms with van der Waals surface area (Å²) in [5.41, 5.74) is 0.00456. The minimum absolute atomic E-state index is 0.00456. The molecule has 0 radical (unpaired) electrons. The van der Waals surface area contributed by atoms with Crippen molar-refractivity contribution >= 4 is 13.6 Å². The first-order valence-electron chi connectivity index (χ1n) is 3.17. The van der Waals surface area contributed by atoms with Crippen molar-refractivity contribution in [2.45, 2.75) is 19.7 Å². The Morgan fingerprint density at radius 2 is 2.08 bits per heavy atom. The predicted octanol–water partition coefficient (Wildman–Crippen LogP) is 0.629. The van der Waals surface area contributed by atoms with Crippen LogP contribution in [0, 0.1) is 0 Å². The number of carbonyl (C=O) groups is 1. The van der Waals surface area contributed by atoms with Gasteiger partial charge in [-0.15, -0.1) is 0 Å². The largest absolute Gasteiger partial charge is 0.406 e. The Balaban J connectivity index is 4.36. The molecule has 0 amide bonds. The summed E-state index contributed by atoms with van der Waals surface area (Å²) in [6.07, 6.45) is 0. The van der Waals surface area contributed by atoms with Crippen molar-refractivity contribution in [2.24, 2.45) is 0 Å². The molecule has 0 heterocycles. The zero-order chi connectivity index (χ0) is 9.94. The van der Waals surface area contributed by atoms with Gasteiger partial charge in [0.05, 0.1) is 0 Å². The molecule has 12 heavy (non-hydrogen) atoms. The molecule has 2 atom stereocenters. The molecular formula is C6H11O5P. The predicted molar refractivity (Wildman–Crippen MR) is 42.4 cm³/mol. The normalized spacial score (nSPS) is 17.7. The van der Waals surface area contributed by atoms with Crippen LogP contribution < -0.4 is 0 Å². The first-order chi connectivity index (χ1) is 5.27. The van der Waals surface area contributed by atoms with Crippen LogP contribution in [0.4, 0.5) is 0 Å². The molecule has 0 aromatic carbocycles. The van der Waals surface area contributed by atoms with Gasteiger partial charge in [0.2, 0.25) is 0 Å². The fraction of sp³-hybridized carbons (Fsp3) is 0.500. The van der Waals surface area contributed by atoms with Crippen molar-refractivity contribution in [3.8, 4) is 0 Å². The average molecular weight is 194 g/mol. The summed E-state index contributed by atoms with van der Waals surface area (Å²) in [6, 6.07) is 0. The standard InChI is InChI=1S/C6H11O5P/c1-4(2)6(8)11-12(9,10)5(3)7/h5,7H,1H2,2-3H3,(H,9,10). The van der Waals surface area contributed by atoms with Gasteiger partial charge < -0.3 is 14.5 Å². The van der Waals surface area contributed by atoms with Crippen LogP contribution in [0.1, 0.15) is 13.8 Å². The second-order valence-electron chi connectivity index (χ2n) is 2.36. The molecule has 2 N–H and O–H groups in total. The van der Waals surface area contributed by atoms with Crippen molar-refractivity contribution in [2.75, 3.05) is 0 Å². The second-order valence-corrected chi connectivity index (χ2v) is 4.41. The third kappa shape index (κ3) is 3.17. The van der Waals surface area contributed by atoms with Gasteiger partial charge in [-0.25, -0.2) is 9.36 Å². The Morgan fingerprint density at radius 3 is 2.33 bits per heavy atom. The molecular weight excluding hydrogens is 183 g/mol. The molecule has 0 bridgehead atoms. The lowest BCUT2D eigenvalue weighted by atomic mass is 10.4.